The summed E-state index contributed by atoms with van der Waals surface area (Å²) in [5.41, 5.74) is 1.99. The van der Waals surface area contributed by atoms with Crippen molar-refractivity contribution >= 4 is 22.8 Å². The molecule has 0 aliphatic carbocycles. The number of methoxy groups -OCH3 is 1. The van der Waals surface area contributed by atoms with Gasteiger partial charge in [-0.2, -0.15) is 0 Å². The maximum Gasteiger partial charge on any atom is 0.335 e. The molecule has 7 nitrogen and oxygen atoms in total. The van der Waals surface area contributed by atoms with Gasteiger partial charge in [0.15, 0.2) is 5.58 Å². The number of nitrogens with zero attached hydrogens (tertiary/aromatic N) is 1. The van der Waals surface area contributed by atoms with Gasteiger partial charge in [-0.3, -0.25) is 4.79 Å². The smallest absolute Gasteiger partial charge is 0.335 e. The number of carbonyl (C=O) groups excluding carboxylic acids is 1. The lowest BCUT2D eigenvalue weighted by Crippen LogP contribution is -2.24. The maximum atomic E-state index is 12.2. The van der Waals surface area contributed by atoms with Crippen LogP contribution < -0.4 is 10.1 Å². The predicted octanol–water partition coefficient (Wildman–Crippen LogP) is 2.39. The maximum absolute atomic E-state index is 12.2. The number of amides is 1. The van der Waals surface area contributed by atoms with Gasteiger partial charge in [0.05, 0.1) is 19.1 Å². The van der Waals surface area contributed by atoms with Crippen molar-refractivity contribution in [3.63, 3.8) is 0 Å². The van der Waals surface area contributed by atoms with Gasteiger partial charge in [-0.05, 0) is 35.9 Å². The zero-order chi connectivity index (χ0) is 17.8. The third-order valence-corrected chi connectivity index (χ3v) is 3.74. The van der Waals surface area contributed by atoms with E-state index in [0.29, 0.717) is 22.6 Å². The molecule has 0 unspecified atom stereocenters. The number of benzene rings is 2. The summed E-state index contributed by atoms with van der Waals surface area (Å²) in [6, 6.07) is 11.7. The van der Waals surface area contributed by atoms with Crippen molar-refractivity contribution in [2.45, 2.75) is 13.0 Å². The molecule has 0 saturated carbocycles. The number of fused-ring (bicyclic) bond motifs is 1. The van der Waals surface area contributed by atoms with Gasteiger partial charge >= 0.3 is 5.97 Å². The van der Waals surface area contributed by atoms with Crippen molar-refractivity contribution in [3.8, 4) is 5.75 Å². The molecule has 0 bridgehead atoms. The van der Waals surface area contributed by atoms with Crippen LogP contribution in [0.25, 0.3) is 11.0 Å². The quantitative estimate of drug-likeness (QED) is 0.714. The van der Waals surface area contributed by atoms with Crippen molar-refractivity contribution in [3.05, 3.63) is 59.3 Å². The number of rotatable bonds is 6. The van der Waals surface area contributed by atoms with E-state index in [-0.39, 0.29) is 24.4 Å². The largest absolute Gasteiger partial charge is 0.497 e. The van der Waals surface area contributed by atoms with E-state index in [0.717, 1.165) is 5.39 Å². The van der Waals surface area contributed by atoms with E-state index in [1.807, 2.05) is 0 Å². The molecule has 0 fully saturated rings. The summed E-state index contributed by atoms with van der Waals surface area (Å²) in [6.45, 7) is 0.235. The van der Waals surface area contributed by atoms with Crippen LogP contribution in [0, 0.1) is 0 Å². The lowest BCUT2D eigenvalue weighted by atomic mass is 10.1. The molecular formula is C18H16N2O5. The summed E-state index contributed by atoms with van der Waals surface area (Å²) in [4.78, 5) is 23.1. The molecule has 0 aliphatic rings. The zero-order valence-corrected chi connectivity index (χ0v) is 13.5. The Labute approximate surface area is 143 Å². The summed E-state index contributed by atoms with van der Waals surface area (Å²) >= 11 is 0. The number of carboxylic acids is 1. The Hall–Kier alpha value is -3.35. The highest BCUT2D eigenvalue weighted by Gasteiger charge is 2.13. The first-order valence-corrected chi connectivity index (χ1v) is 7.58. The number of hydrogen-bond acceptors (Lipinski definition) is 5. The second-order valence-corrected chi connectivity index (χ2v) is 5.45. The third kappa shape index (κ3) is 3.77. The molecule has 7 heteroatoms. The Morgan fingerprint density at radius 3 is 2.84 bits per heavy atom. The summed E-state index contributed by atoms with van der Waals surface area (Å²) < 4.78 is 10.4. The van der Waals surface area contributed by atoms with Gasteiger partial charge in [-0.1, -0.05) is 17.3 Å². The van der Waals surface area contributed by atoms with Crippen LogP contribution in [0.5, 0.6) is 5.75 Å². The van der Waals surface area contributed by atoms with E-state index in [2.05, 4.69) is 10.5 Å². The number of carbonyl (C=O) groups is 2. The molecule has 1 aromatic heterocycles. The second kappa shape index (κ2) is 7.04. The van der Waals surface area contributed by atoms with Crippen molar-refractivity contribution in [2.75, 3.05) is 7.11 Å². The predicted molar refractivity (Wildman–Crippen MR) is 89.5 cm³/mol. The SMILES string of the molecule is COc1ccc2onc(CC(=O)NCc3cccc(C(=O)O)c3)c2c1. The number of aromatic nitrogens is 1. The molecule has 3 aromatic rings. The Bertz CT molecular complexity index is 932. The van der Waals surface area contributed by atoms with Crippen molar-refractivity contribution in [1.82, 2.24) is 10.5 Å². The average molecular weight is 340 g/mol. The molecule has 0 radical (unpaired) electrons. The normalized spacial score (nSPS) is 10.6. The summed E-state index contributed by atoms with van der Waals surface area (Å²) in [5, 5.41) is 16.4. The minimum atomic E-state index is -1.00. The summed E-state index contributed by atoms with van der Waals surface area (Å²) in [7, 11) is 1.56. The van der Waals surface area contributed by atoms with Crippen LogP contribution in [0.2, 0.25) is 0 Å². The summed E-state index contributed by atoms with van der Waals surface area (Å²) in [6.07, 6.45) is 0.0544. The van der Waals surface area contributed by atoms with E-state index in [1.54, 1.807) is 37.4 Å². The molecule has 25 heavy (non-hydrogen) atoms. The topological polar surface area (TPSA) is 102 Å². The number of carboxylic acid groups (broad SMARTS) is 1. The Morgan fingerprint density at radius 1 is 1.24 bits per heavy atom. The fourth-order valence-corrected chi connectivity index (χ4v) is 2.45. The van der Waals surface area contributed by atoms with Gasteiger partial charge in [-0.15, -0.1) is 0 Å². The van der Waals surface area contributed by atoms with Gasteiger partial charge in [0.2, 0.25) is 5.91 Å². The molecule has 0 aliphatic heterocycles. The molecular weight excluding hydrogens is 324 g/mol. The van der Waals surface area contributed by atoms with E-state index >= 15 is 0 Å². The molecule has 0 spiro atoms. The van der Waals surface area contributed by atoms with Crippen LogP contribution >= 0.6 is 0 Å². The summed E-state index contributed by atoms with van der Waals surface area (Å²) in [5.74, 6) is -0.585. The standard InChI is InChI=1S/C18H16N2O5/c1-24-13-5-6-16-14(8-13)15(20-25-16)9-17(21)19-10-11-3-2-4-12(7-11)18(22)23/h2-8H,9-10H2,1H3,(H,19,21)(H,22,23). The van der Waals surface area contributed by atoms with E-state index in [9.17, 15) is 9.59 Å². The van der Waals surface area contributed by atoms with Gasteiger partial charge in [0.1, 0.15) is 11.4 Å². The van der Waals surface area contributed by atoms with E-state index < -0.39 is 5.97 Å². The molecule has 2 aromatic carbocycles. The van der Waals surface area contributed by atoms with Gasteiger partial charge in [-0.25, -0.2) is 4.79 Å². The average Bonchev–Trinajstić information content (AvgIpc) is 3.02. The molecule has 3 rings (SSSR count). The third-order valence-electron chi connectivity index (χ3n) is 3.74. The Balaban J connectivity index is 1.67. The second-order valence-electron chi connectivity index (χ2n) is 5.45. The van der Waals surface area contributed by atoms with Crippen molar-refractivity contribution in [1.29, 1.82) is 0 Å². The molecule has 1 amide bonds. The first-order chi connectivity index (χ1) is 12.1. The lowest BCUT2D eigenvalue weighted by molar-refractivity contribution is -0.120. The number of aromatic carboxylic acids is 1. The first kappa shape index (κ1) is 16.5. The highest BCUT2D eigenvalue weighted by molar-refractivity contribution is 5.88. The molecule has 128 valence electrons. The van der Waals surface area contributed by atoms with Crippen molar-refractivity contribution in [2.24, 2.45) is 0 Å². The van der Waals surface area contributed by atoms with Crippen LogP contribution in [0.1, 0.15) is 21.6 Å². The monoisotopic (exact) mass is 340 g/mol. The molecule has 0 atom stereocenters. The van der Waals surface area contributed by atoms with Crippen LogP contribution in [-0.4, -0.2) is 29.2 Å². The Morgan fingerprint density at radius 2 is 2.08 bits per heavy atom. The lowest BCUT2D eigenvalue weighted by Gasteiger charge is -2.05. The molecule has 0 saturated heterocycles. The fraction of sp³-hybridized carbons (Fsp3) is 0.167. The fourth-order valence-electron chi connectivity index (χ4n) is 2.45. The highest BCUT2D eigenvalue weighted by Crippen LogP contribution is 2.24. The van der Waals surface area contributed by atoms with Crippen LogP contribution in [0.4, 0.5) is 0 Å². The Kier molecular flexibility index (Phi) is 4.65. The van der Waals surface area contributed by atoms with Crippen LogP contribution in [0.3, 0.4) is 0 Å². The van der Waals surface area contributed by atoms with Crippen LogP contribution in [0.15, 0.2) is 47.0 Å². The number of nitrogens with one attached hydrogen (secondary N) is 1. The minimum absolute atomic E-state index is 0.0544. The minimum Gasteiger partial charge on any atom is -0.497 e. The molecule has 2 N–H and O–H groups in total. The van der Waals surface area contributed by atoms with E-state index in [4.69, 9.17) is 14.4 Å². The van der Waals surface area contributed by atoms with Crippen LogP contribution in [-0.2, 0) is 17.8 Å². The number of hydrogen-bond donors (Lipinski definition) is 2. The van der Waals surface area contributed by atoms with Gasteiger partial charge < -0.3 is 19.7 Å². The van der Waals surface area contributed by atoms with Gasteiger partial charge in [0, 0.05) is 11.9 Å². The first-order valence-electron chi connectivity index (χ1n) is 7.58. The van der Waals surface area contributed by atoms with Gasteiger partial charge in [0.25, 0.3) is 0 Å². The number of ether oxygens (including phenoxy) is 1. The molecule has 1 heterocycles. The zero-order valence-electron chi connectivity index (χ0n) is 13.5. The van der Waals surface area contributed by atoms with E-state index in [1.165, 1.54) is 12.1 Å². The highest BCUT2D eigenvalue weighted by atomic mass is 16.5. The van der Waals surface area contributed by atoms with Crippen molar-refractivity contribution < 1.29 is 24.0 Å².